The van der Waals surface area contributed by atoms with Gasteiger partial charge in [-0.1, -0.05) is 66.2 Å². The number of aromatic nitrogens is 2. The lowest BCUT2D eigenvalue weighted by atomic mass is 10.1. The average Bonchev–Trinajstić information content (AvgIpc) is 2.81. The van der Waals surface area contributed by atoms with E-state index in [4.69, 9.17) is 23.1 Å². The zero-order valence-electron chi connectivity index (χ0n) is 16.9. The van der Waals surface area contributed by atoms with E-state index in [1.54, 1.807) is 30.3 Å². The molecule has 4 aromatic rings. The maximum atomic E-state index is 14.9. The molecule has 4 N–H and O–H groups in total. The summed E-state index contributed by atoms with van der Waals surface area (Å²) in [7, 11) is 0. The third kappa shape index (κ3) is 4.16. The molecule has 0 fully saturated rings. The van der Waals surface area contributed by atoms with E-state index in [0.717, 1.165) is 10.5 Å². The topological polar surface area (TPSA) is 98.1 Å². The normalized spacial score (nSPS) is 10.7. The number of rotatable bonds is 5. The van der Waals surface area contributed by atoms with Crippen LogP contribution in [0.1, 0.15) is 5.56 Å². The SMILES string of the molecule is NCc1ccc(N(C(N)=O)c2cnc(-c3ccccc3)nc2-c2ccccc2Cl)c(F)c1. The monoisotopic (exact) mass is 447 g/mol. The second-order valence-corrected chi connectivity index (χ2v) is 7.34. The van der Waals surface area contributed by atoms with Crippen molar-refractivity contribution in [3.8, 4) is 22.6 Å². The highest BCUT2D eigenvalue weighted by atomic mass is 35.5. The number of nitrogens with two attached hydrogens (primary N) is 2. The Hall–Kier alpha value is -3.81. The number of halogens is 2. The summed E-state index contributed by atoms with van der Waals surface area (Å²) < 4.78 is 14.9. The summed E-state index contributed by atoms with van der Waals surface area (Å²) >= 11 is 6.45. The zero-order chi connectivity index (χ0) is 22.7. The van der Waals surface area contributed by atoms with Gasteiger partial charge in [0.15, 0.2) is 5.82 Å². The minimum atomic E-state index is -0.895. The quantitative estimate of drug-likeness (QED) is 0.435. The van der Waals surface area contributed by atoms with Gasteiger partial charge in [-0.2, -0.15) is 0 Å². The van der Waals surface area contributed by atoms with Gasteiger partial charge in [-0.15, -0.1) is 0 Å². The van der Waals surface area contributed by atoms with Crippen molar-refractivity contribution in [1.29, 1.82) is 0 Å². The van der Waals surface area contributed by atoms with Gasteiger partial charge in [0.1, 0.15) is 11.5 Å². The Labute approximate surface area is 189 Å². The second-order valence-electron chi connectivity index (χ2n) is 6.94. The van der Waals surface area contributed by atoms with E-state index in [-0.39, 0.29) is 17.9 Å². The Morgan fingerprint density at radius 1 is 1.00 bits per heavy atom. The third-order valence-electron chi connectivity index (χ3n) is 4.88. The first-order valence-corrected chi connectivity index (χ1v) is 10.1. The molecule has 0 atom stereocenters. The van der Waals surface area contributed by atoms with Gasteiger partial charge >= 0.3 is 6.03 Å². The Kier molecular flexibility index (Phi) is 6.11. The summed E-state index contributed by atoms with van der Waals surface area (Å²) in [6.45, 7) is 0.160. The molecule has 1 aromatic heterocycles. The molecule has 0 bridgehead atoms. The minimum Gasteiger partial charge on any atom is -0.351 e. The molecule has 0 saturated carbocycles. The van der Waals surface area contributed by atoms with E-state index in [2.05, 4.69) is 9.97 Å². The standard InChI is InChI=1S/C24H19ClFN5O/c25-18-9-5-4-8-17(18)22-21(14-29-23(30-22)16-6-2-1-3-7-16)31(24(28)32)20-11-10-15(13-27)12-19(20)26/h1-12,14H,13,27H2,(H2,28,32). The summed E-state index contributed by atoms with van der Waals surface area (Å²) in [4.78, 5) is 22.6. The van der Waals surface area contributed by atoms with E-state index in [1.807, 2.05) is 30.3 Å². The molecule has 0 aliphatic carbocycles. The van der Waals surface area contributed by atoms with Crippen LogP contribution in [0.4, 0.5) is 20.6 Å². The largest absolute Gasteiger partial charge is 0.351 e. The van der Waals surface area contributed by atoms with Crippen LogP contribution in [0.3, 0.4) is 0 Å². The number of primary amides is 1. The molecule has 2 amide bonds. The molecule has 6 nitrogen and oxygen atoms in total. The van der Waals surface area contributed by atoms with Crippen molar-refractivity contribution in [3.63, 3.8) is 0 Å². The fourth-order valence-electron chi connectivity index (χ4n) is 3.34. The van der Waals surface area contributed by atoms with Crippen LogP contribution in [0.5, 0.6) is 0 Å². The highest BCUT2D eigenvalue weighted by Gasteiger charge is 2.25. The molecule has 32 heavy (non-hydrogen) atoms. The Morgan fingerprint density at radius 2 is 1.72 bits per heavy atom. The van der Waals surface area contributed by atoms with Crippen molar-refractivity contribution >= 4 is 29.0 Å². The van der Waals surface area contributed by atoms with Gasteiger partial charge in [0.25, 0.3) is 0 Å². The summed E-state index contributed by atoms with van der Waals surface area (Å²) in [5, 5.41) is 0.412. The zero-order valence-corrected chi connectivity index (χ0v) is 17.6. The lowest BCUT2D eigenvalue weighted by Crippen LogP contribution is -2.33. The van der Waals surface area contributed by atoms with Crippen LogP contribution in [-0.2, 0) is 6.54 Å². The first kappa shape index (κ1) is 21.4. The Bertz CT molecular complexity index is 1280. The highest BCUT2D eigenvalue weighted by Crippen LogP contribution is 2.38. The predicted octanol–water partition coefficient (Wildman–Crippen LogP) is 5.28. The number of anilines is 2. The smallest absolute Gasteiger partial charge is 0.324 e. The first-order valence-electron chi connectivity index (χ1n) is 9.75. The van der Waals surface area contributed by atoms with Gasteiger partial charge < -0.3 is 11.5 Å². The van der Waals surface area contributed by atoms with Crippen LogP contribution in [0.2, 0.25) is 5.02 Å². The molecule has 3 aromatic carbocycles. The summed E-state index contributed by atoms with van der Waals surface area (Å²) in [6.07, 6.45) is 1.44. The van der Waals surface area contributed by atoms with Gasteiger partial charge in [-0.25, -0.2) is 19.2 Å². The van der Waals surface area contributed by atoms with Crippen molar-refractivity contribution in [1.82, 2.24) is 9.97 Å². The van der Waals surface area contributed by atoms with Crippen LogP contribution in [0.25, 0.3) is 22.6 Å². The molecular weight excluding hydrogens is 429 g/mol. The van der Waals surface area contributed by atoms with Gasteiger partial charge in [0.05, 0.1) is 22.6 Å². The number of nitrogens with zero attached hydrogens (tertiary/aromatic N) is 3. The van der Waals surface area contributed by atoms with Crippen LogP contribution in [-0.4, -0.2) is 16.0 Å². The van der Waals surface area contributed by atoms with Gasteiger partial charge in [0, 0.05) is 17.7 Å². The fourth-order valence-corrected chi connectivity index (χ4v) is 3.57. The van der Waals surface area contributed by atoms with Crippen molar-refractivity contribution in [2.75, 3.05) is 4.90 Å². The van der Waals surface area contributed by atoms with Crippen molar-refractivity contribution in [2.45, 2.75) is 6.54 Å². The predicted molar refractivity (Wildman–Crippen MR) is 124 cm³/mol. The molecule has 0 aliphatic heterocycles. The van der Waals surface area contributed by atoms with E-state index in [9.17, 15) is 9.18 Å². The number of hydrogen-bond acceptors (Lipinski definition) is 4. The molecule has 1 heterocycles. The number of carbonyl (C=O) groups is 1. The van der Waals surface area contributed by atoms with Gasteiger partial charge in [-0.3, -0.25) is 4.90 Å². The molecular formula is C24H19ClFN5O. The fraction of sp³-hybridized carbons (Fsp3) is 0.0417. The van der Waals surface area contributed by atoms with Crippen molar-refractivity contribution < 1.29 is 9.18 Å². The van der Waals surface area contributed by atoms with Gasteiger partial charge in [0.2, 0.25) is 0 Å². The maximum Gasteiger partial charge on any atom is 0.324 e. The number of benzene rings is 3. The Morgan fingerprint density at radius 3 is 2.38 bits per heavy atom. The van der Waals surface area contributed by atoms with Crippen molar-refractivity contribution in [3.05, 3.63) is 95.4 Å². The van der Waals surface area contributed by atoms with E-state index >= 15 is 0 Å². The van der Waals surface area contributed by atoms with Crippen LogP contribution in [0.15, 0.2) is 79.0 Å². The van der Waals surface area contributed by atoms with Crippen LogP contribution >= 0.6 is 11.6 Å². The highest BCUT2D eigenvalue weighted by molar-refractivity contribution is 6.33. The molecule has 0 radical (unpaired) electrons. The van der Waals surface area contributed by atoms with Gasteiger partial charge in [-0.05, 0) is 23.8 Å². The lowest BCUT2D eigenvalue weighted by Gasteiger charge is -2.24. The number of carbonyl (C=O) groups excluding carboxylic acids is 1. The molecule has 0 saturated heterocycles. The third-order valence-corrected chi connectivity index (χ3v) is 5.21. The van der Waals surface area contributed by atoms with E-state index < -0.39 is 11.8 Å². The number of hydrogen-bond donors (Lipinski definition) is 2. The summed E-state index contributed by atoms with van der Waals surface area (Å²) in [5.41, 5.74) is 13.7. The summed E-state index contributed by atoms with van der Waals surface area (Å²) in [5.74, 6) is -0.225. The molecule has 160 valence electrons. The molecule has 0 unspecified atom stereocenters. The van der Waals surface area contributed by atoms with E-state index in [1.165, 1.54) is 18.3 Å². The number of amides is 2. The molecule has 8 heteroatoms. The summed E-state index contributed by atoms with van der Waals surface area (Å²) in [6, 6.07) is 19.8. The molecule has 4 rings (SSSR count). The van der Waals surface area contributed by atoms with Crippen LogP contribution < -0.4 is 16.4 Å². The molecule has 0 spiro atoms. The van der Waals surface area contributed by atoms with Crippen molar-refractivity contribution in [2.24, 2.45) is 11.5 Å². The number of urea groups is 1. The first-order chi connectivity index (χ1) is 15.5. The molecule has 0 aliphatic rings. The lowest BCUT2D eigenvalue weighted by molar-refractivity contribution is 0.256. The Balaban J connectivity index is 1.96. The maximum absolute atomic E-state index is 14.9. The average molecular weight is 448 g/mol. The second kappa shape index (κ2) is 9.13. The van der Waals surface area contributed by atoms with E-state index in [0.29, 0.717) is 27.7 Å². The van der Waals surface area contributed by atoms with Crippen LogP contribution in [0, 0.1) is 5.82 Å². The minimum absolute atomic E-state index is 0.0425.